The second-order valence-corrected chi connectivity index (χ2v) is 4.87. The zero-order valence-corrected chi connectivity index (χ0v) is 9.99. The number of aromatic hydroxyl groups is 1. The molecule has 2 heterocycles. The van der Waals surface area contributed by atoms with Crippen LogP contribution in [-0.2, 0) is 19.4 Å². The molecule has 2 N–H and O–H groups in total. The summed E-state index contributed by atoms with van der Waals surface area (Å²) in [6.07, 6.45) is 1.46. The highest BCUT2D eigenvalue weighted by Gasteiger charge is 2.35. The van der Waals surface area contributed by atoms with Crippen LogP contribution in [-0.4, -0.2) is 22.4 Å². The molecular formula is C13H16O4. The highest BCUT2D eigenvalue weighted by molar-refractivity contribution is 5.65. The first kappa shape index (κ1) is 10.7. The van der Waals surface area contributed by atoms with Gasteiger partial charge in [-0.2, -0.15) is 0 Å². The molecule has 2 aliphatic heterocycles. The van der Waals surface area contributed by atoms with Gasteiger partial charge in [0.15, 0.2) is 11.5 Å². The monoisotopic (exact) mass is 236 g/mol. The molecule has 1 aromatic carbocycles. The summed E-state index contributed by atoms with van der Waals surface area (Å²) in [5.74, 6) is 1.40. The van der Waals surface area contributed by atoms with Gasteiger partial charge in [0.1, 0.15) is 18.0 Å². The molecule has 17 heavy (non-hydrogen) atoms. The van der Waals surface area contributed by atoms with Gasteiger partial charge in [0.25, 0.3) is 0 Å². The number of rotatable bonds is 1. The molecule has 92 valence electrons. The zero-order valence-electron chi connectivity index (χ0n) is 9.99. The lowest BCUT2D eigenvalue weighted by molar-refractivity contribution is 0.236. The largest absolute Gasteiger partial charge is 0.504 e. The van der Waals surface area contributed by atoms with E-state index >= 15 is 0 Å². The van der Waals surface area contributed by atoms with Gasteiger partial charge < -0.3 is 19.7 Å². The van der Waals surface area contributed by atoms with Gasteiger partial charge in [0, 0.05) is 29.5 Å². The summed E-state index contributed by atoms with van der Waals surface area (Å²) in [5.41, 5.74) is 2.45. The SMILES string of the molecule is CC1Cc2c(CO)c3c(c(O)c2O1)CC(C)O3. The predicted molar refractivity (Wildman–Crippen MR) is 61.6 cm³/mol. The quantitative estimate of drug-likeness (QED) is 0.776. The fraction of sp³-hybridized carbons (Fsp3) is 0.538. The molecule has 4 nitrogen and oxygen atoms in total. The van der Waals surface area contributed by atoms with Crippen LogP contribution in [0.5, 0.6) is 17.2 Å². The minimum Gasteiger partial charge on any atom is -0.504 e. The topological polar surface area (TPSA) is 58.9 Å². The van der Waals surface area contributed by atoms with Gasteiger partial charge in [0.2, 0.25) is 0 Å². The number of phenols is 1. The van der Waals surface area contributed by atoms with E-state index in [9.17, 15) is 10.2 Å². The van der Waals surface area contributed by atoms with Crippen molar-refractivity contribution in [3.63, 3.8) is 0 Å². The molecule has 1 aromatic rings. The number of aliphatic hydroxyl groups excluding tert-OH is 1. The van der Waals surface area contributed by atoms with Crippen LogP contribution in [0.15, 0.2) is 0 Å². The molecule has 2 aliphatic rings. The maximum absolute atomic E-state index is 10.2. The molecule has 0 bridgehead atoms. The van der Waals surface area contributed by atoms with Crippen LogP contribution in [0, 0.1) is 0 Å². The smallest absolute Gasteiger partial charge is 0.165 e. The average molecular weight is 236 g/mol. The summed E-state index contributed by atoms with van der Waals surface area (Å²) in [6, 6.07) is 0. The van der Waals surface area contributed by atoms with E-state index in [2.05, 4.69) is 0 Å². The van der Waals surface area contributed by atoms with Gasteiger partial charge >= 0.3 is 0 Å². The molecule has 3 rings (SSSR count). The second-order valence-electron chi connectivity index (χ2n) is 4.87. The highest BCUT2D eigenvalue weighted by atomic mass is 16.5. The molecule has 0 amide bonds. The van der Waals surface area contributed by atoms with E-state index < -0.39 is 0 Å². The van der Waals surface area contributed by atoms with Gasteiger partial charge in [-0.1, -0.05) is 0 Å². The molecule has 0 aromatic heterocycles. The summed E-state index contributed by atoms with van der Waals surface area (Å²) < 4.78 is 11.3. The third-order valence-corrected chi connectivity index (χ3v) is 3.47. The molecule has 0 radical (unpaired) electrons. The van der Waals surface area contributed by atoms with E-state index in [0.717, 1.165) is 16.7 Å². The normalized spacial score (nSPS) is 25.1. The highest BCUT2D eigenvalue weighted by Crippen LogP contribution is 2.50. The Bertz CT molecular complexity index is 442. The number of ether oxygens (including phenoxy) is 2. The maximum atomic E-state index is 10.2. The number of hydrogen-bond acceptors (Lipinski definition) is 4. The molecule has 0 saturated carbocycles. The molecule has 0 saturated heterocycles. The molecule has 2 unspecified atom stereocenters. The lowest BCUT2D eigenvalue weighted by Gasteiger charge is -2.13. The minimum atomic E-state index is -0.0756. The maximum Gasteiger partial charge on any atom is 0.165 e. The van der Waals surface area contributed by atoms with Crippen molar-refractivity contribution in [2.24, 2.45) is 0 Å². The number of benzene rings is 1. The van der Waals surface area contributed by atoms with Crippen molar-refractivity contribution in [3.8, 4) is 17.2 Å². The third kappa shape index (κ3) is 1.40. The number of aliphatic hydroxyl groups is 1. The van der Waals surface area contributed by atoms with Crippen molar-refractivity contribution < 1.29 is 19.7 Å². The van der Waals surface area contributed by atoms with Crippen LogP contribution in [0.1, 0.15) is 30.5 Å². The second kappa shape index (κ2) is 3.53. The van der Waals surface area contributed by atoms with Crippen molar-refractivity contribution in [2.75, 3.05) is 0 Å². The predicted octanol–water partition coefficient (Wildman–Crippen LogP) is 1.53. The fourth-order valence-electron chi connectivity index (χ4n) is 2.75. The van der Waals surface area contributed by atoms with Crippen molar-refractivity contribution in [2.45, 2.75) is 45.5 Å². The average Bonchev–Trinajstić information content (AvgIpc) is 2.83. The first-order valence-corrected chi connectivity index (χ1v) is 5.95. The van der Waals surface area contributed by atoms with Crippen molar-refractivity contribution in [1.29, 1.82) is 0 Å². The van der Waals surface area contributed by atoms with Gasteiger partial charge in [-0.05, 0) is 13.8 Å². The van der Waals surface area contributed by atoms with Gasteiger partial charge in [0.05, 0.1) is 6.61 Å². The van der Waals surface area contributed by atoms with Gasteiger partial charge in [-0.15, -0.1) is 0 Å². The Balaban J connectivity index is 2.23. The lowest BCUT2D eigenvalue weighted by Crippen LogP contribution is -2.07. The van der Waals surface area contributed by atoms with Crippen LogP contribution in [0.25, 0.3) is 0 Å². The summed E-state index contributed by atoms with van der Waals surface area (Å²) in [7, 11) is 0. The Morgan fingerprint density at radius 3 is 2.29 bits per heavy atom. The number of fused-ring (bicyclic) bond motifs is 2. The van der Waals surface area contributed by atoms with Crippen LogP contribution >= 0.6 is 0 Å². The molecule has 2 atom stereocenters. The van der Waals surface area contributed by atoms with E-state index in [-0.39, 0.29) is 24.6 Å². The molecule has 4 heteroatoms. The minimum absolute atomic E-state index is 0.0427. The van der Waals surface area contributed by atoms with Crippen molar-refractivity contribution >= 4 is 0 Å². The van der Waals surface area contributed by atoms with Crippen LogP contribution in [0.2, 0.25) is 0 Å². The molecule has 0 spiro atoms. The van der Waals surface area contributed by atoms with Crippen LogP contribution in [0.3, 0.4) is 0 Å². The van der Waals surface area contributed by atoms with Crippen LogP contribution in [0.4, 0.5) is 0 Å². The van der Waals surface area contributed by atoms with Crippen molar-refractivity contribution in [3.05, 3.63) is 16.7 Å². The lowest BCUT2D eigenvalue weighted by atomic mass is 9.97. The van der Waals surface area contributed by atoms with E-state index in [1.807, 2.05) is 13.8 Å². The Kier molecular flexibility index (Phi) is 2.23. The van der Waals surface area contributed by atoms with E-state index in [0.29, 0.717) is 24.3 Å². The Labute approximate surface area is 99.8 Å². The van der Waals surface area contributed by atoms with Gasteiger partial charge in [-0.25, -0.2) is 0 Å². The van der Waals surface area contributed by atoms with Crippen molar-refractivity contribution in [1.82, 2.24) is 0 Å². The summed E-state index contributed by atoms with van der Waals surface area (Å²) in [4.78, 5) is 0. The molecule has 0 aliphatic carbocycles. The Hall–Kier alpha value is -1.42. The standard InChI is InChI=1S/C13H16O4/c1-6-3-8-10(5-14)12-9(4-7(2)16-12)11(15)13(8)17-6/h6-7,14-15H,3-5H2,1-2H3. The molecular weight excluding hydrogens is 220 g/mol. The zero-order chi connectivity index (χ0) is 12.2. The summed E-state index contributed by atoms with van der Waals surface area (Å²) >= 11 is 0. The van der Waals surface area contributed by atoms with E-state index in [1.54, 1.807) is 0 Å². The van der Waals surface area contributed by atoms with E-state index in [4.69, 9.17) is 9.47 Å². The van der Waals surface area contributed by atoms with Gasteiger partial charge in [-0.3, -0.25) is 0 Å². The number of hydrogen-bond donors (Lipinski definition) is 2. The Morgan fingerprint density at radius 1 is 1.06 bits per heavy atom. The number of phenolic OH excluding ortho intramolecular Hbond substituents is 1. The molecule has 0 fully saturated rings. The summed E-state index contributed by atoms with van der Waals surface area (Å²) in [5, 5.41) is 19.7. The first-order chi connectivity index (χ1) is 8.11. The van der Waals surface area contributed by atoms with E-state index in [1.165, 1.54) is 0 Å². The Morgan fingerprint density at radius 2 is 1.65 bits per heavy atom. The summed E-state index contributed by atoms with van der Waals surface area (Å²) in [6.45, 7) is 3.83. The third-order valence-electron chi connectivity index (χ3n) is 3.47. The van der Waals surface area contributed by atoms with Crippen LogP contribution < -0.4 is 9.47 Å². The fourth-order valence-corrected chi connectivity index (χ4v) is 2.75. The first-order valence-electron chi connectivity index (χ1n) is 5.95.